The molecule has 38 nitrogen and oxygen atoms in total. The maximum atomic E-state index is 16.3. The van der Waals surface area contributed by atoms with Gasteiger partial charge in [0.15, 0.2) is 23.9 Å². The third-order valence-corrected chi connectivity index (χ3v) is 21.8. The number of aromatic nitrogens is 1. The fourth-order valence-electron chi connectivity index (χ4n) is 14.9. The lowest BCUT2D eigenvalue weighted by Crippen LogP contribution is -2.65. The first kappa shape index (κ1) is 93.1. The molecule has 9 amide bonds. The Labute approximate surface area is 724 Å². The maximum absolute atomic E-state index is 16.3. The van der Waals surface area contributed by atoms with Gasteiger partial charge in [0.2, 0.25) is 59.3 Å². The number of phenolic OH excluding ortho intramolecular Hbond substituents is 3. The highest BCUT2D eigenvalue weighted by molar-refractivity contribution is 6.32. The highest BCUT2D eigenvalue weighted by Gasteiger charge is 2.53. The smallest absolute Gasteiger partial charge is 0.508 e. The molecule has 8 heterocycles. The van der Waals surface area contributed by atoms with Crippen molar-refractivity contribution in [3.8, 4) is 62.9 Å². The number of benzene rings is 6. The lowest BCUT2D eigenvalue weighted by molar-refractivity contribution is -0.334. The number of hydrogen-bond donors (Lipinski definition) is 20. The number of hydrogen-bond acceptors (Lipinski definition) is 29. The van der Waals surface area contributed by atoms with Crippen molar-refractivity contribution >= 4 is 88.1 Å². The summed E-state index contributed by atoms with van der Waals surface area (Å²) < 4.78 is 82.2. The SMILES string of the molecule is CN[C@H](CC(C)C)C(=O)N[C@H]1C(=O)N[C@@H](CC(N)=O)C(=O)N[C@H]2C(=O)N[C@H]3C(=O)N[C@H](C(=O)N[C@@H](C(=O)NOC)c4cc(O)cc(O)c4-c4cc3ccc4O)[C@H](O)c3ccc(c(Cl)c3)Oc3cc2cc(c3O[C@@H]2O[C@H](CO)[C@@H](O)[C@H](O)[C@H]2O[C@H]2C[C@](C)(NCc3cncc(NC(=O)/C=C/c4cccc(OC(F)(F)F)c4)c3)[C@H](O)[C@H](C)O2)Oc2ccc(cc2Cl)[C@H]1O. The van der Waals surface area contributed by atoms with E-state index in [4.69, 9.17) is 62.2 Å². The third kappa shape index (κ3) is 21.5. The van der Waals surface area contributed by atoms with E-state index in [1.165, 1.54) is 62.8 Å². The van der Waals surface area contributed by atoms with Crippen LogP contribution < -0.4 is 78.0 Å². The molecule has 0 aliphatic carbocycles. The number of nitrogens with one attached hydrogen (secondary N) is 10. The first-order valence-electron chi connectivity index (χ1n) is 39.0. The number of primary amides is 1. The molecule has 43 heteroatoms. The number of amides is 9. The summed E-state index contributed by atoms with van der Waals surface area (Å²) in [6.07, 6.45) is -19.6. The zero-order valence-corrected chi connectivity index (χ0v) is 69.0. The van der Waals surface area contributed by atoms with Crippen molar-refractivity contribution in [1.29, 1.82) is 0 Å². The van der Waals surface area contributed by atoms with Gasteiger partial charge in [-0.15, -0.1) is 13.2 Å². The van der Waals surface area contributed by atoms with Crippen molar-refractivity contribution in [2.24, 2.45) is 11.7 Å². The third-order valence-electron chi connectivity index (χ3n) is 21.2. The van der Waals surface area contributed by atoms with Gasteiger partial charge in [-0.05, 0) is 151 Å². The largest absolute Gasteiger partial charge is 0.573 e. The zero-order chi connectivity index (χ0) is 91.2. The number of nitrogens with zero attached hydrogens (tertiary/aromatic N) is 1. The lowest BCUT2D eigenvalue weighted by Gasteiger charge is -2.48. The Kier molecular flexibility index (Phi) is 29.0. The Morgan fingerprint density at radius 1 is 0.738 bits per heavy atom. The van der Waals surface area contributed by atoms with Crippen LogP contribution in [-0.2, 0) is 68.7 Å². The lowest BCUT2D eigenvalue weighted by atomic mass is 9.84. The van der Waals surface area contributed by atoms with Crippen LogP contribution in [0.5, 0.6) is 51.7 Å². The maximum Gasteiger partial charge on any atom is 0.573 e. The number of phenols is 3. The Bertz CT molecular complexity index is 5350. The van der Waals surface area contributed by atoms with Gasteiger partial charge in [-0.25, -0.2) is 5.48 Å². The highest BCUT2D eigenvalue weighted by Crippen LogP contribution is 2.50. The van der Waals surface area contributed by atoms with Gasteiger partial charge in [0, 0.05) is 48.0 Å². The normalized spacial score (nSPS) is 26.0. The predicted molar refractivity (Wildman–Crippen MR) is 434 cm³/mol. The van der Waals surface area contributed by atoms with Gasteiger partial charge < -0.3 is 133 Å². The molecule has 21 N–H and O–H groups in total. The number of aliphatic hydroxyl groups is 6. The van der Waals surface area contributed by atoms with E-state index >= 15 is 24.0 Å². The molecule has 0 unspecified atom stereocenters. The molecule has 7 aliphatic rings. The van der Waals surface area contributed by atoms with Crippen molar-refractivity contribution in [3.63, 3.8) is 0 Å². The average molecular weight is 1800 g/mol. The molecule has 18 atom stereocenters. The number of carbonyl (C=O) groups is 9. The van der Waals surface area contributed by atoms with Crippen molar-refractivity contribution < 1.29 is 140 Å². The topological polar surface area (TPSA) is 569 Å². The molecule has 6 aromatic carbocycles. The number of alkyl halides is 3. The van der Waals surface area contributed by atoms with Crippen LogP contribution in [0, 0.1) is 5.92 Å². The van der Waals surface area contributed by atoms with Gasteiger partial charge in [0.05, 0.1) is 60.3 Å². The highest BCUT2D eigenvalue weighted by atomic mass is 35.5. The summed E-state index contributed by atoms with van der Waals surface area (Å²) in [6.45, 7) is 5.55. The summed E-state index contributed by atoms with van der Waals surface area (Å²) in [5.41, 5.74) is 4.47. The van der Waals surface area contributed by atoms with Gasteiger partial charge in [-0.2, -0.15) is 0 Å². The van der Waals surface area contributed by atoms with Crippen molar-refractivity contribution in [1.82, 2.24) is 53.0 Å². The van der Waals surface area contributed by atoms with Crippen LogP contribution in [0.25, 0.3) is 17.2 Å². The fraction of sp³-hybridized carbons (Fsp3) is 0.373. The minimum atomic E-state index is -4.96. The van der Waals surface area contributed by atoms with Gasteiger partial charge in [0.1, 0.15) is 101 Å². The number of rotatable bonds is 21. The van der Waals surface area contributed by atoms with E-state index in [0.29, 0.717) is 5.56 Å². The van der Waals surface area contributed by atoms with Gasteiger partial charge in [0.25, 0.3) is 5.91 Å². The number of ether oxygens (including phenoxy) is 7. The molecule has 672 valence electrons. The van der Waals surface area contributed by atoms with Gasteiger partial charge in [-0.3, -0.25) is 53.0 Å². The number of hydroxylamine groups is 1. The van der Waals surface area contributed by atoms with E-state index in [2.05, 4.69) is 63.1 Å². The van der Waals surface area contributed by atoms with Crippen LogP contribution in [0.4, 0.5) is 18.9 Å². The number of aliphatic hydroxyl groups excluding tert-OH is 6. The molecule has 2 saturated heterocycles. The number of pyridine rings is 1. The number of anilines is 1. The molecule has 0 saturated carbocycles. The molecule has 7 aliphatic heterocycles. The molecular weight excluding hydrogens is 1710 g/mol. The summed E-state index contributed by atoms with van der Waals surface area (Å²) in [5.74, 6) is -16.9. The first-order chi connectivity index (χ1) is 59.7. The molecule has 14 rings (SSSR count). The molecule has 126 heavy (non-hydrogen) atoms. The standard InChI is InChI=1S/C83H89Cl2F3N12O26/c1-34(2)18-49(90-5)74(112)98-65-67(107)39-12-15-53(47(84)22-39)121-55-24-41-25-56(71(55)125-81-72(70(110)69(109)57(33-101)123-81)124-60-29-82(4,73(111)35(3)120-60)92-31-37-19-42(32-91-30-37)93-59(106)17-10-36-8-7-9-44(20-36)126-83(86,87)88)122-54-16-13-40(23-48(54)85)68(108)66-79(117)97-64(80(118)100-119-6)46-26-43(102)27-52(104)61(46)45-21-38(11-14-51(45)103)62(76(114)99-66)96-77(115)63(41)95-75(113)50(28-58(89)105)94-78(65)116/h7-17,19-27,30,32,34-35,49-50,57,60,62-70,72-73,81,90,92,101-104,107-111H,18,28-29,31,33H2,1-6H3,(H2,89,105)(H,93,106)(H,94,116)(H,95,113)(H,96,115)(H,97,117)(H,98,112)(H,99,114)(H,100,118)/b17-10+/t35-,49+,50-,57+,60-,62+,63+,64+,65+,66-,67+,68+,69+,70-,72+,73+,81-,82-/m0/s1. The summed E-state index contributed by atoms with van der Waals surface area (Å²) in [6, 6.07) is 5.78. The van der Waals surface area contributed by atoms with E-state index in [-0.39, 0.29) is 53.2 Å². The molecule has 11 bridgehead atoms. The monoisotopic (exact) mass is 1800 g/mol. The molecule has 0 radical (unpaired) electrons. The second kappa shape index (κ2) is 39.2. The molecule has 2 fully saturated rings. The summed E-state index contributed by atoms with van der Waals surface area (Å²) in [5, 5.41) is 129. The van der Waals surface area contributed by atoms with Crippen molar-refractivity contribution in [3.05, 3.63) is 177 Å². The number of halogens is 5. The zero-order valence-electron chi connectivity index (χ0n) is 67.5. The van der Waals surface area contributed by atoms with E-state index in [0.717, 1.165) is 92.0 Å². The quantitative estimate of drug-likeness (QED) is 0.0362. The van der Waals surface area contributed by atoms with Gasteiger partial charge in [-0.1, -0.05) is 67.4 Å². The second-order valence-corrected chi connectivity index (χ2v) is 31.7. The van der Waals surface area contributed by atoms with Crippen LogP contribution in [0.3, 0.4) is 0 Å². The molecule has 7 aromatic rings. The van der Waals surface area contributed by atoms with E-state index in [1.807, 2.05) is 0 Å². The Hall–Kier alpha value is -12.1. The van der Waals surface area contributed by atoms with Crippen LogP contribution >= 0.6 is 23.2 Å². The first-order valence-corrected chi connectivity index (χ1v) is 39.8. The number of nitrogens with two attached hydrogens (primary N) is 1. The Morgan fingerprint density at radius 3 is 2.04 bits per heavy atom. The van der Waals surface area contributed by atoms with Crippen LogP contribution in [0.15, 0.2) is 128 Å². The van der Waals surface area contributed by atoms with E-state index in [9.17, 15) is 78.3 Å². The summed E-state index contributed by atoms with van der Waals surface area (Å²) in [4.78, 5) is 142. The van der Waals surface area contributed by atoms with Crippen molar-refractivity contribution in [2.45, 2.75) is 169 Å². The minimum Gasteiger partial charge on any atom is -0.508 e. The van der Waals surface area contributed by atoms with Crippen LogP contribution in [0.1, 0.15) is 116 Å². The van der Waals surface area contributed by atoms with Crippen LogP contribution in [0.2, 0.25) is 10.0 Å². The van der Waals surface area contributed by atoms with Gasteiger partial charge >= 0.3 is 6.36 Å². The Morgan fingerprint density at radius 2 is 1.40 bits per heavy atom. The molecule has 0 spiro atoms. The number of fused-ring (bicyclic) bond motifs is 15. The van der Waals surface area contributed by atoms with Crippen LogP contribution in [-0.4, -0.2) is 210 Å². The summed E-state index contributed by atoms with van der Waals surface area (Å²) >= 11 is 14.3. The number of likely N-dealkylation sites (N-methyl/N-ethyl adjacent to an activating group) is 1. The van der Waals surface area contributed by atoms with E-state index in [1.54, 1.807) is 20.8 Å². The average Bonchev–Trinajstić information content (AvgIpc) is 0.764. The Balaban J connectivity index is 0.996. The fourth-order valence-corrected chi connectivity index (χ4v) is 15.4. The van der Waals surface area contributed by atoms with Crippen molar-refractivity contribution in [2.75, 3.05) is 26.1 Å². The molecular formula is C83H89Cl2F3N12O26. The van der Waals surface area contributed by atoms with E-state index < -0.39 is 266 Å². The predicted octanol–water partition coefficient (Wildman–Crippen LogP) is 3.48. The number of aromatic hydroxyl groups is 3. The number of carbonyl (C=O) groups excluding carboxylic acids is 9. The molecule has 1 aromatic heterocycles. The minimum absolute atomic E-state index is 0.0873. The second-order valence-electron chi connectivity index (χ2n) is 30.8. The summed E-state index contributed by atoms with van der Waals surface area (Å²) in [7, 11) is 2.49.